The maximum atomic E-state index is 14.0. The van der Waals surface area contributed by atoms with Gasteiger partial charge < -0.3 is 37.9 Å². The molecule has 2 aliphatic heterocycles. The molecule has 0 radical (unpaired) electrons. The van der Waals surface area contributed by atoms with E-state index in [0.29, 0.717) is 35.9 Å². The van der Waals surface area contributed by atoms with Gasteiger partial charge in [0.05, 0.1) is 45.2 Å². The molecule has 2 saturated heterocycles. The lowest BCUT2D eigenvalue weighted by atomic mass is 9.76. The molecule has 0 saturated carbocycles. The van der Waals surface area contributed by atoms with Crippen molar-refractivity contribution in [3.8, 4) is 17.2 Å². The number of nitrogens with zero attached hydrogens (tertiary/aromatic N) is 5. The molecule has 50 heavy (non-hydrogen) atoms. The second kappa shape index (κ2) is 14.5. The largest absolute Gasteiger partial charge is 0.493 e. The molecule has 0 bridgehead atoms. The van der Waals surface area contributed by atoms with Crippen LogP contribution in [-0.4, -0.2) is 92.4 Å². The topological polar surface area (TPSA) is 85.4 Å². The van der Waals surface area contributed by atoms with Crippen LogP contribution in [0.15, 0.2) is 83.5 Å². The fourth-order valence-electron chi connectivity index (χ4n) is 7.80. The Bertz CT molecular complexity index is 1910. The molecule has 1 amide bonds. The molecule has 10 nitrogen and oxygen atoms in total. The monoisotopic (exact) mass is 677 g/mol. The lowest BCUT2D eigenvalue weighted by Gasteiger charge is -2.33. The highest BCUT2D eigenvalue weighted by Gasteiger charge is 2.42. The zero-order valence-electron chi connectivity index (χ0n) is 29.6. The third-order valence-electron chi connectivity index (χ3n) is 10.5. The van der Waals surface area contributed by atoms with E-state index in [4.69, 9.17) is 23.6 Å². The van der Waals surface area contributed by atoms with Gasteiger partial charge in [0.1, 0.15) is 5.76 Å². The Morgan fingerprint density at radius 1 is 0.880 bits per heavy atom. The molecule has 2 aromatic heterocycles. The van der Waals surface area contributed by atoms with E-state index in [0.717, 1.165) is 86.8 Å². The maximum Gasteiger partial charge on any atom is 0.254 e. The van der Waals surface area contributed by atoms with Gasteiger partial charge in [-0.15, -0.1) is 0 Å². The minimum Gasteiger partial charge on any atom is -0.493 e. The zero-order valence-corrected chi connectivity index (χ0v) is 29.6. The van der Waals surface area contributed by atoms with Gasteiger partial charge in [-0.1, -0.05) is 42.5 Å². The summed E-state index contributed by atoms with van der Waals surface area (Å²) in [6, 6.07) is 24.7. The number of anilines is 1. The number of rotatable bonds is 11. The number of aromatic nitrogens is 2. The number of hydrogen-bond acceptors (Lipinski definition) is 8. The van der Waals surface area contributed by atoms with E-state index in [2.05, 4.69) is 75.0 Å². The number of fused-ring (bicyclic) bond motifs is 1. The summed E-state index contributed by atoms with van der Waals surface area (Å²) in [6.45, 7) is 8.83. The van der Waals surface area contributed by atoms with Gasteiger partial charge in [-0.3, -0.25) is 4.79 Å². The normalized spacial score (nSPS) is 18.4. The van der Waals surface area contributed by atoms with Gasteiger partial charge in [-0.2, -0.15) is 0 Å². The van der Waals surface area contributed by atoms with Crippen molar-refractivity contribution in [2.24, 2.45) is 0 Å². The van der Waals surface area contributed by atoms with Crippen LogP contribution in [0.25, 0.3) is 11.0 Å². The molecule has 7 rings (SSSR count). The summed E-state index contributed by atoms with van der Waals surface area (Å²) in [5, 5.41) is 0. The number of aryl methyl sites for hydroxylation is 1. The van der Waals surface area contributed by atoms with Gasteiger partial charge in [-0.25, -0.2) is 4.98 Å². The number of furan rings is 1. The van der Waals surface area contributed by atoms with Crippen molar-refractivity contribution < 1.29 is 23.4 Å². The van der Waals surface area contributed by atoms with E-state index in [9.17, 15) is 4.79 Å². The molecule has 1 atom stereocenters. The Morgan fingerprint density at radius 3 is 2.36 bits per heavy atom. The Hall–Kier alpha value is -4.96. The molecule has 2 fully saturated rings. The van der Waals surface area contributed by atoms with Gasteiger partial charge in [0.25, 0.3) is 5.91 Å². The van der Waals surface area contributed by atoms with Crippen LogP contribution in [-0.2, 0) is 12.0 Å². The average Bonchev–Trinajstić information content (AvgIpc) is 3.83. The van der Waals surface area contributed by atoms with E-state index in [-0.39, 0.29) is 11.3 Å². The number of likely N-dealkylation sites (tertiary alicyclic amines) is 1. The highest BCUT2D eigenvalue weighted by Crippen LogP contribution is 2.41. The Balaban J connectivity index is 1.07. The number of benzene rings is 3. The van der Waals surface area contributed by atoms with Crippen molar-refractivity contribution in [2.45, 2.75) is 38.1 Å². The van der Waals surface area contributed by atoms with Crippen LogP contribution in [0.1, 0.15) is 46.5 Å². The molecular formula is C40H47N5O5. The number of carbonyl (C=O) groups excluding carboxylic acids is 1. The number of ether oxygens (including phenoxy) is 3. The lowest BCUT2D eigenvalue weighted by Crippen LogP contribution is -2.39. The predicted octanol–water partition coefficient (Wildman–Crippen LogP) is 6.40. The molecule has 262 valence electrons. The average molecular weight is 678 g/mol. The van der Waals surface area contributed by atoms with Crippen LogP contribution in [0.2, 0.25) is 0 Å². The molecule has 4 heterocycles. The lowest BCUT2D eigenvalue weighted by molar-refractivity contribution is 0.0780. The minimum absolute atomic E-state index is 0.0269. The third kappa shape index (κ3) is 6.64. The molecule has 0 aliphatic carbocycles. The first-order chi connectivity index (χ1) is 24.4. The zero-order chi connectivity index (χ0) is 34.7. The highest BCUT2D eigenvalue weighted by atomic mass is 16.5. The van der Waals surface area contributed by atoms with Gasteiger partial charge in [0.2, 0.25) is 11.7 Å². The molecule has 3 aromatic carbocycles. The molecular weight excluding hydrogens is 630 g/mol. The number of amides is 1. The number of carbonyl (C=O) groups is 1. The Morgan fingerprint density at radius 2 is 1.64 bits per heavy atom. The first-order valence-electron chi connectivity index (χ1n) is 17.5. The van der Waals surface area contributed by atoms with Crippen LogP contribution in [0.5, 0.6) is 17.2 Å². The SMILES string of the molecule is COc1cc(C(=O)N2CCC(CCN3CCCN(c4nc5ccccc5n4Cc4coc(C)c4)CC3)(c3ccccc3)C2)cc(OC)c1OC. The quantitative estimate of drug-likeness (QED) is 0.159. The number of imidazole rings is 1. The van der Waals surface area contributed by atoms with Crippen molar-refractivity contribution >= 4 is 22.9 Å². The summed E-state index contributed by atoms with van der Waals surface area (Å²) in [5.41, 5.74) is 4.98. The number of methoxy groups -OCH3 is 3. The van der Waals surface area contributed by atoms with Crippen LogP contribution >= 0.6 is 0 Å². The van der Waals surface area contributed by atoms with E-state index < -0.39 is 0 Å². The smallest absolute Gasteiger partial charge is 0.254 e. The van der Waals surface area contributed by atoms with Crippen molar-refractivity contribution in [3.63, 3.8) is 0 Å². The molecule has 0 N–H and O–H groups in total. The Kier molecular flexibility index (Phi) is 9.72. The van der Waals surface area contributed by atoms with Crippen molar-refractivity contribution in [1.29, 1.82) is 0 Å². The molecule has 2 aliphatic rings. The summed E-state index contributed by atoms with van der Waals surface area (Å²) in [6.07, 6.45) is 4.78. The first-order valence-corrected chi connectivity index (χ1v) is 17.5. The fraction of sp³-hybridized carbons (Fsp3) is 0.400. The molecule has 10 heteroatoms. The van der Waals surface area contributed by atoms with E-state index >= 15 is 0 Å². The van der Waals surface area contributed by atoms with Crippen molar-refractivity contribution in [2.75, 3.05) is 72.0 Å². The summed E-state index contributed by atoms with van der Waals surface area (Å²) in [7, 11) is 4.71. The second-order valence-corrected chi connectivity index (χ2v) is 13.5. The van der Waals surface area contributed by atoms with E-state index in [1.165, 1.54) is 5.56 Å². The van der Waals surface area contributed by atoms with Gasteiger partial charge >= 0.3 is 0 Å². The molecule has 0 spiro atoms. The van der Waals surface area contributed by atoms with Gasteiger partial charge in [0, 0.05) is 49.3 Å². The second-order valence-electron chi connectivity index (χ2n) is 13.5. The standard InChI is InChI=1S/C40H47N5O5/c1-29-23-30(27-50-29)26-45-34-14-9-8-13-33(34)41-39(45)43-18-10-17-42(21-22-43)19-15-40(32-11-6-5-7-12-32)16-20-44(28-40)38(46)31-24-35(47-2)37(49-4)36(25-31)48-3/h5-9,11-14,23-25,27H,10,15-22,26,28H2,1-4H3. The maximum absolute atomic E-state index is 14.0. The van der Waals surface area contributed by atoms with Crippen molar-refractivity contribution in [3.05, 3.63) is 102 Å². The van der Waals surface area contributed by atoms with E-state index in [1.54, 1.807) is 33.5 Å². The summed E-state index contributed by atoms with van der Waals surface area (Å²) < 4.78 is 24.6. The van der Waals surface area contributed by atoms with Gasteiger partial charge in [0.15, 0.2) is 11.5 Å². The minimum atomic E-state index is -0.139. The highest BCUT2D eigenvalue weighted by molar-refractivity contribution is 5.96. The van der Waals surface area contributed by atoms with Crippen LogP contribution in [0.4, 0.5) is 5.95 Å². The number of para-hydroxylation sites is 2. The summed E-state index contributed by atoms with van der Waals surface area (Å²) >= 11 is 0. The first kappa shape index (κ1) is 33.5. The molecule has 1 unspecified atom stereocenters. The third-order valence-corrected chi connectivity index (χ3v) is 10.5. The fourth-order valence-corrected chi connectivity index (χ4v) is 7.80. The van der Waals surface area contributed by atoms with Crippen molar-refractivity contribution in [1.82, 2.24) is 19.4 Å². The van der Waals surface area contributed by atoms with Crippen LogP contribution in [0, 0.1) is 6.92 Å². The summed E-state index contributed by atoms with van der Waals surface area (Å²) in [5.74, 6) is 3.34. The number of hydrogen-bond donors (Lipinski definition) is 0. The van der Waals surface area contributed by atoms with Crippen LogP contribution < -0.4 is 19.1 Å². The molecule has 5 aromatic rings. The predicted molar refractivity (Wildman–Crippen MR) is 195 cm³/mol. The van der Waals surface area contributed by atoms with E-state index in [1.807, 2.05) is 18.1 Å². The van der Waals surface area contributed by atoms with Crippen LogP contribution in [0.3, 0.4) is 0 Å². The van der Waals surface area contributed by atoms with Gasteiger partial charge in [-0.05, 0) is 75.2 Å². The summed E-state index contributed by atoms with van der Waals surface area (Å²) in [4.78, 5) is 26.1. The Labute approximate surface area is 294 Å².